The van der Waals surface area contributed by atoms with Crippen molar-refractivity contribution in [2.24, 2.45) is 0 Å². The number of anilines is 1. The van der Waals surface area contributed by atoms with Crippen LogP contribution in [0.2, 0.25) is 5.28 Å². The van der Waals surface area contributed by atoms with Crippen LogP contribution >= 0.6 is 11.6 Å². The molecule has 0 bridgehead atoms. The summed E-state index contributed by atoms with van der Waals surface area (Å²) in [6.07, 6.45) is -5.10. The molecule has 0 aliphatic carbocycles. The molecule has 1 heterocycles. The topological polar surface area (TPSA) is 29.0 Å². The molecule has 1 aromatic carbocycles. The summed E-state index contributed by atoms with van der Waals surface area (Å²) in [5, 5.41) is 0.698. The van der Waals surface area contributed by atoms with Crippen molar-refractivity contribution >= 4 is 28.3 Å². The Kier molecular flexibility index (Phi) is 3.80. The van der Waals surface area contributed by atoms with Crippen LogP contribution < -0.4 is 4.90 Å². The summed E-state index contributed by atoms with van der Waals surface area (Å²) in [4.78, 5) is 9.48. The second-order valence-corrected chi connectivity index (χ2v) is 4.46. The third-order valence-corrected chi connectivity index (χ3v) is 2.82. The molecule has 3 nitrogen and oxygen atoms in total. The highest BCUT2D eigenvalue weighted by Crippen LogP contribution is 2.26. The first-order chi connectivity index (χ1) is 8.87. The van der Waals surface area contributed by atoms with Gasteiger partial charge in [0.2, 0.25) is 5.28 Å². The van der Waals surface area contributed by atoms with Crippen LogP contribution in [0.1, 0.15) is 6.42 Å². The van der Waals surface area contributed by atoms with Crippen molar-refractivity contribution < 1.29 is 13.2 Å². The number of para-hydroxylation sites is 1. The van der Waals surface area contributed by atoms with Gasteiger partial charge >= 0.3 is 6.18 Å². The monoisotopic (exact) mass is 289 g/mol. The van der Waals surface area contributed by atoms with Gasteiger partial charge in [-0.25, -0.2) is 4.98 Å². The van der Waals surface area contributed by atoms with Crippen LogP contribution in [0.4, 0.5) is 19.0 Å². The lowest BCUT2D eigenvalue weighted by Gasteiger charge is -2.20. The maximum Gasteiger partial charge on any atom is 0.390 e. The minimum absolute atomic E-state index is 0.0209. The van der Waals surface area contributed by atoms with E-state index in [-0.39, 0.29) is 11.8 Å². The van der Waals surface area contributed by atoms with Crippen LogP contribution in [-0.4, -0.2) is 29.7 Å². The third kappa shape index (κ3) is 3.47. The Morgan fingerprint density at radius 3 is 2.58 bits per heavy atom. The Labute approximate surface area is 113 Å². The van der Waals surface area contributed by atoms with E-state index in [0.29, 0.717) is 16.7 Å². The van der Waals surface area contributed by atoms with Crippen molar-refractivity contribution in [3.8, 4) is 0 Å². The number of fused-ring (bicyclic) bond motifs is 1. The maximum absolute atomic E-state index is 12.2. The lowest BCUT2D eigenvalue weighted by Crippen LogP contribution is -2.25. The van der Waals surface area contributed by atoms with E-state index in [1.54, 1.807) is 31.3 Å². The van der Waals surface area contributed by atoms with Gasteiger partial charge in [0, 0.05) is 19.0 Å². The average molecular weight is 290 g/mol. The molecule has 0 aliphatic heterocycles. The zero-order chi connectivity index (χ0) is 14.0. The molecule has 0 fully saturated rings. The number of benzene rings is 1. The predicted octanol–water partition coefficient (Wildman–Crippen LogP) is 3.67. The molecule has 7 heteroatoms. The van der Waals surface area contributed by atoms with Gasteiger partial charge < -0.3 is 4.90 Å². The molecule has 2 aromatic rings. The van der Waals surface area contributed by atoms with Crippen molar-refractivity contribution in [1.29, 1.82) is 0 Å². The Hall–Kier alpha value is -1.56. The number of halogens is 4. The number of hydrogen-bond donors (Lipinski definition) is 0. The lowest BCUT2D eigenvalue weighted by atomic mass is 10.2. The van der Waals surface area contributed by atoms with Gasteiger partial charge in [0.15, 0.2) is 0 Å². The van der Waals surface area contributed by atoms with Gasteiger partial charge in [0.1, 0.15) is 5.82 Å². The number of alkyl halides is 3. The van der Waals surface area contributed by atoms with Crippen molar-refractivity contribution in [3.05, 3.63) is 29.5 Å². The van der Waals surface area contributed by atoms with E-state index < -0.39 is 12.6 Å². The molecule has 0 amide bonds. The molecular weight excluding hydrogens is 279 g/mol. The summed E-state index contributed by atoms with van der Waals surface area (Å²) in [5.74, 6) is 0.403. The zero-order valence-electron chi connectivity index (χ0n) is 10.1. The molecule has 19 heavy (non-hydrogen) atoms. The fourth-order valence-corrected chi connectivity index (χ4v) is 1.89. The SMILES string of the molecule is CN(CCC(F)(F)F)c1nc(Cl)nc2ccccc12. The van der Waals surface area contributed by atoms with E-state index in [4.69, 9.17) is 11.6 Å². The second kappa shape index (κ2) is 5.21. The van der Waals surface area contributed by atoms with Gasteiger partial charge in [0.25, 0.3) is 0 Å². The first-order valence-corrected chi connectivity index (χ1v) is 5.95. The smallest absolute Gasteiger partial charge is 0.359 e. The van der Waals surface area contributed by atoms with E-state index in [1.807, 2.05) is 0 Å². The first kappa shape index (κ1) is 13.9. The summed E-state index contributed by atoms with van der Waals surface area (Å²) in [6, 6.07) is 7.06. The second-order valence-electron chi connectivity index (χ2n) is 4.12. The van der Waals surface area contributed by atoms with Gasteiger partial charge in [-0.3, -0.25) is 0 Å². The van der Waals surface area contributed by atoms with E-state index in [0.717, 1.165) is 0 Å². The summed E-state index contributed by atoms with van der Waals surface area (Å²) < 4.78 is 36.7. The summed E-state index contributed by atoms with van der Waals surface area (Å²) in [5.41, 5.74) is 0.608. The minimum atomic E-state index is -4.19. The van der Waals surface area contributed by atoms with Gasteiger partial charge in [-0.2, -0.15) is 18.2 Å². The summed E-state index contributed by atoms with van der Waals surface area (Å²) in [6.45, 7) is -0.180. The van der Waals surface area contributed by atoms with Crippen LogP contribution in [-0.2, 0) is 0 Å². The maximum atomic E-state index is 12.2. The molecule has 0 saturated carbocycles. The largest absolute Gasteiger partial charge is 0.390 e. The third-order valence-electron chi connectivity index (χ3n) is 2.65. The van der Waals surface area contributed by atoms with Gasteiger partial charge in [0.05, 0.1) is 11.9 Å². The summed E-state index contributed by atoms with van der Waals surface area (Å²) >= 11 is 5.79. The van der Waals surface area contributed by atoms with E-state index in [2.05, 4.69) is 9.97 Å². The normalized spacial score (nSPS) is 11.8. The molecule has 0 aliphatic rings. The van der Waals surface area contributed by atoms with Crippen LogP contribution in [0, 0.1) is 0 Å². The quantitative estimate of drug-likeness (QED) is 0.807. The van der Waals surface area contributed by atoms with Gasteiger partial charge in [-0.05, 0) is 23.7 Å². The Morgan fingerprint density at radius 1 is 1.21 bits per heavy atom. The van der Waals surface area contributed by atoms with E-state index >= 15 is 0 Å². The zero-order valence-corrected chi connectivity index (χ0v) is 10.8. The average Bonchev–Trinajstić information content (AvgIpc) is 2.34. The molecule has 102 valence electrons. The minimum Gasteiger partial charge on any atom is -0.359 e. The molecular formula is C12H11ClF3N3. The molecule has 0 saturated heterocycles. The van der Waals surface area contributed by atoms with Crippen LogP contribution in [0.15, 0.2) is 24.3 Å². The fourth-order valence-electron chi connectivity index (χ4n) is 1.72. The van der Waals surface area contributed by atoms with Crippen LogP contribution in [0.3, 0.4) is 0 Å². The fraction of sp³-hybridized carbons (Fsp3) is 0.333. The number of aromatic nitrogens is 2. The highest BCUT2D eigenvalue weighted by atomic mass is 35.5. The molecule has 0 unspecified atom stereocenters. The molecule has 1 aromatic heterocycles. The van der Waals surface area contributed by atoms with Crippen molar-refractivity contribution in [3.63, 3.8) is 0 Å². The Balaban J connectivity index is 2.33. The van der Waals surface area contributed by atoms with Crippen molar-refractivity contribution in [2.75, 3.05) is 18.5 Å². The van der Waals surface area contributed by atoms with Crippen LogP contribution in [0.5, 0.6) is 0 Å². The van der Waals surface area contributed by atoms with Crippen molar-refractivity contribution in [1.82, 2.24) is 9.97 Å². The Morgan fingerprint density at radius 2 is 1.89 bits per heavy atom. The number of nitrogens with zero attached hydrogens (tertiary/aromatic N) is 3. The molecule has 0 spiro atoms. The van der Waals surface area contributed by atoms with E-state index in [1.165, 1.54) is 4.90 Å². The molecule has 2 rings (SSSR count). The van der Waals surface area contributed by atoms with Crippen LogP contribution in [0.25, 0.3) is 10.9 Å². The molecule has 0 radical (unpaired) electrons. The number of rotatable bonds is 3. The van der Waals surface area contributed by atoms with Gasteiger partial charge in [-0.15, -0.1) is 0 Å². The summed E-state index contributed by atoms with van der Waals surface area (Å²) in [7, 11) is 1.55. The standard InChI is InChI=1S/C12H11ClF3N3/c1-19(7-6-12(14,15)16)10-8-4-2-3-5-9(8)17-11(13)18-10/h2-5H,6-7H2,1H3. The number of hydrogen-bond acceptors (Lipinski definition) is 3. The lowest BCUT2D eigenvalue weighted by molar-refractivity contribution is -0.132. The van der Waals surface area contributed by atoms with E-state index in [9.17, 15) is 13.2 Å². The Bertz CT molecular complexity index is 586. The molecule has 0 N–H and O–H groups in total. The van der Waals surface area contributed by atoms with Gasteiger partial charge in [-0.1, -0.05) is 12.1 Å². The highest BCUT2D eigenvalue weighted by molar-refractivity contribution is 6.28. The van der Waals surface area contributed by atoms with Crippen molar-refractivity contribution in [2.45, 2.75) is 12.6 Å². The first-order valence-electron chi connectivity index (χ1n) is 5.57. The molecule has 0 atom stereocenters. The predicted molar refractivity (Wildman–Crippen MR) is 68.5 cm³/mol. The highest BCUT2D eigenvalue weighted by Gasteiger charge is 2.27.